The van der Waals surface area contributed by atoms with Crippen LogP contribution in [0.4, 0.5) is 4.39 Å². The standard InChI is InChI=1S/C16H16ClFN2O/c17-14-9-12(18)5-4-11(14)8-15(20-19)13-3-1-2-10-6-7-21-16(10)13/h1-5,9,15,20H,6-8,19H2. The molecule has 0 radical (unpaired) electrons. The number of hydrogen-bond acceptors (Lipinski definition) is 3. The van der Waals surface area contributed by atoms with Gasteiger partial charge >= 0.3 is 0 Å². The Morgan fingerprint density at radius 2 is 2.19 bits per heavy atom. The molecule has 2 aromatic rings. The van der Waals surface area contributed by atoms with Gasteiger partial charge in [-0.3, -0.25) is 11.3 Å². The molecule has 110 valence electrons. The van der Waals surface area contributed by atoms with Crippen LogP contribution in [-0.2, 0) is 12.8 Å². The SMILES string of the molecule is NNC(Cc1ccc(F)cc1Cl)c1cccc2c1OCC2. The molecule has 1 aliphatic heterocycles. The molecule has 1 heterocycles. The number of hydrazine groups is 1. The molecule has 0 saturated carbocycles. The molecule has 1 unspecified atom stereocenters. The van der Waals surface area contributed by atoms with Crippen LogP contribution in [0.15, 0.2) is 36.4 Å². The number of hydrogen-bond donors (Lipinski definition) is 2. The molecule has 3 nitrogen and oxygen atoms in total. The number of para-hydroxylation sites is 1. The number of halogens is 2. The minimum atomic E-state index is -0.343. The van der Waals surface area contributed by atoms with E-state index in [1.807, 2.05) is 12.1 Å². The first-order chi connectivity index (χ1) is 10.2. The molecular weight excluding hydrogens is 291 g/mol. The first-order valence-corrected chi connectivity index (χ1v) is 7.21. The van der Waals surface area contributed by atoms with E-state index in [4.69, 9.17) is 22.2 Å². The molecule has 3 N–H and O–H groups in total. The monoisotopic (exact) mass is 306 g/mol. The van der Waals surface area contributed by atoms with Crippen LogP contribution in [0.3, 0.4) is 0 Å². The van der Waals surface area contributed by atoms with Crippen molar-refractivity contribution in [3.05, 3.63) is 63.9 Å². The number of fused-ring (bicyclic) bond motifs is 1. The summed E-state index contributed by atoms with van der Waals surface area (Å²) < 4.78 is 18.8. The minimum Gasteiger partial charge on any atom is -0.493 e. The smallest absolute Gasteiger partial charge is 0.127 e. The maximum Gasteiger partial charge on any atom is 0.127 e. The highest BCUT2D eigenvalue weighted by Gasteiger charge is 2.22. The van der Waals surface area contributed by atoms with Crippen molar-refractivity contribution in [2.24, 2.45) is 5.84 Å². The van der Waals surface area contributed by atoms with Gasteiger partial charge in [0, 0.05) is 17.0 Å². The van der Waals surface area contributed by atoms with Gasteiger partial charge in [0.15, 0.2) is 0 Å². The van der Waals surface area contributed by atoms with Crippen LogP contribution in [0.1, 0.15) is 22.7 Å². The van der Waals surface area contributed by atoms with Crippen LogP contribution in [0.5, 0.6) is 5.75 Å². The number of nitrogens with one attached hydrogen (secondary N) is 1. The highest BCUT2D eigenvalue weighted by molar-refractivity contribution is 6.31. The molecule has 1 atom stereocenters. The minimum absolute atomic E-state index is 0.138. The predicted molar refractivity (Wildman–Crippen MR) is 80.8 cm³/mol. The van der Waals surface area contributed by atoms with Gasteiger partial charge < -0.3 is 4.74 Å². The van der Waals surface area contributed by atoms with Crippen molar-refractivity contribution in [2.45, 2.75) is 18.9 Å². The van der Waals surface area contributed by atoms with E-state index < -0.39 is 0 Å². The normalized spacial score (nSPS) is 14.6. The first kappa shape index (κ1) is 14.3. The van der Waals surface area contributed by atoms with Crippen molar-refractivity contribution < 1.29 is 9.13 Å². The van der Waals surface area contributed by atoms with Gasteiger partial charge in [-0.05, 0) is 29.7 Å². The lowest BCUT2D eigenvalue weighted by molar-refractivity contribution is 0.348. The van der Waals surface area contributed by atoms with Gasteiger partial charge in [0.05, 0.1) is 12.6 Å². The van der Waals surface area contributed by atoms with Crippen LogP contribution in [0.2, 0.25) is 5.02 Å². The summed E-state index contributed by atoms with van der Waals surface area (Å²) in [5, 5.41) is 0.406. The van der Waals surface area contributed by atoms with Crippen LogP contribution in [0.25, 0.3) is 0 Å². The van der Waals surface area contributed by atoms with Crippen molar-refractivity contribution in [1.29, 1.82) is 0 Å². The Labute approximate surface area is 127 Å². The lowest BCUT2D eigenvalue weighted by Crippen LogP contribution is -2.30. The molecule has 2 aromatic carbocycles. The molecule has 3 rings (SSSR count). The highest BCUT2D eigenvalue weighted by atomic mass is 35.5. The fraction of sp³-hybridized carbons (Fsp3) is 0.250. The van der Waals surface area contributed by atoms with Gasteiger partial charge in [-0.2, -0.15) is 0 Å². The summed E-state index contributed by atoms with van der Waals surface area (Å²) in [6.45, 7) is 0.695. The Hall–Kier alpha value is -1.62. The largest absolute Gasteiger partial charge is 0.493 e. The topological polar surface area (TPSA) is 47.3 Å². The summed E-state index contributed by atoms with van der Waals surface area (Å²) in [5.41, 5.74) is 5.85. The van der Waals surface area contributed by atoms with E-state index >= 15 is 0 Å². The third-order valence-electron chi connectivity index (χ3n) is 3.76. The fourth-order valence-electron chi connectivity index (χ4n) is 2.68. The second-order valence-corrected chi connectivity index (χ2v) is 5.50. The van der Waals surface area contributed by atoms with Gasteiger partial charge in [0.2, 0.25) is 0 Å². The number of rotatable bonds is 4. The second kappa shape index (κ2) is 6.02. The molecule has 0 fully saturated rings. The van der Waals surface area contributed by atoms with Crippen molar-refractivity contribution in [3.8, 4) is 5.75 Å². The molecule has 21 heavy (non-hydrogen) atoms. The van der Waals surface area contributed by atoms with Crippen molar-refractivity contribution in [1.82, 2.24) is 5.43 Å². The van der Waals surface area contributed by atoms with Crippen LogP contribution in [-0.4, -0.2) is 6.61 Å². The molecule has 0 aromatic heterocycles. The lowest BCUT2D eigenvalue weighted by atomic mass is 9.96. The van der Waals surface area contributed by atoms with E-state index in [9.17, 15) is 4.39 Å². The quantitative estimate of drug-likeness (QED) is 0.674. The Kier molecular flexibility index (Phi) is 4.10. The van der Waals surface area contributed by atoms with E-state index in [1.165, 1.54) is 17.7 Å². The van der Waals surface area contributed by atoms with E-state index in [0.29, 0.717) is 18.1 Å². The zero-order valence-electron chi connectivity index (χ0n) is 11.4. The van der Waals surface area contributed by atoms with Gasteiger partial charge in [-0.25, -0.2) is 4.39 Å². The van der Waals surface area contributed by atoms with Gasteiger partial charge in [0.25, 0.3) is 0 Å². The van der Waals surface area contributed by atoms with Gasteiger partial charge in [-0.1, -0.05) is 35.9 Å². The summed E-state index contributed by atoms with van der Waals surface area (Å²) in [5.74, 6) is 6.26. The molecule has 0 aliphatic carbocycles. The average Bonchev–Trinajstić information content (AvgIpc) is 2.95. The highest BCUT2D eigenvalue weighted by Crippen LogP contribution is 2.35. The number of benzene rings is 2. The zero-order chi connectivity index (χ0) is 14.8. The molecule has 0 spiro atoms. The molecule has 0 amide bonds. The maximum atomic E-state index is 13.1. The molecule has 5 heteroatoms. The second-order valence-electron chi connectivity index (χ2n) is 5.09. The summed E-state index contributed by atoms with van der Waals surface area (Å²) in [6.07, 6.45) is 1.48. The van der Waals surface area contributed by atoms with Gasteiger partial charge in [-0.15, -0.1) is 0 Å². The zero-order valence-corrected chi connectivity index (χ0v) is 12.2. The summed E-state index contributed by atoms with van der Waals surface area (Å²) in [6, 6.07) is 10.3. The van der Waals surface area contributed by atoms with E-state index in [0.717, 1.165) is 23.3 Å². The Bertz CT molecular complexity index is 663. The summed E-state index contributed by atoms with van der Waals surface area (Å²) in [4.78, 5) is 0. The average molecular weight is 307 g/mol. The lowest BCUT2D eigenvalue weighted by Gasteiger charge is -2.19. The number of ether oxygens (including phenoxy) is 1. The molecule has 0 bridgehead atoms. The number of nitrogens with two attached hydrogens (primary N) is 1. The first-order valence-electron chi connectivity index (χ1n) is 6.83. The molecule has 1 aliphatic rings. The fourth-order valence-corrected chi connectivity index (χ4v) is 2.93. The van der Waals surface area contributed by atoms with Crippen LogP contribution >= 0.6 is 11.6 Å². The third-order valence-corrected chi connectivity index (χ3v) is 4.11. The summed E-state index contributed by atoms with van der Waals surface area (Å²) >= 11 is 6.10. The van der Waals surface area contributed by atoms with E-state index in [-0.39, 0.29) is 11.9 Å². The van der Waals surface area contributed by atoms with Gasteiger partial charge in [0.1, 0.15) is 11.6 Å². The maximum absolute atomic E-state index is 13.1. The van der Waals surface area contributed by atoms with Crippen LogP contribution < -0.4 is 16.0 Å². The predicted octanol–water partition coefficient (Wildman–Crippen LogP) is 3.16. The molecule has 0 saturated heterocycles. The third kappa shape index (κ3) is 2.88. The Morgan fingerprint density at radius 3 is 2.95 bits per heavy atom. The Balaban J connectivity index is 1.91. The van der Waals surface area contributed by atoms with Crippen molar-refractivity contribution in [3.63, 3.8) is 0 Å². The Morgan fingerprint density at radius 1 is 1.33 bits per heavy atom. The van der Waals surface area contributed by atoms with E-state index in [1.54, 1.807) is 6.07 Å². The van der Waals surface area contributed by atoms with Crippen molar-refractivity contribution in [2.75, 3.05) is 6.61 Å². The molecular formula is C16H16ClFN2O. The van der Waals surface area contributed by atoms with Crippen LogP contribution in [0, 0.1) is 5.82 Å². The van der Waals surface area contributed by atoms with Crippen molar-refractivity contribution >= 4 is 11.6 Å². The van der Waals surface area contributed by atoms with E-state index in [2.05, 4.69) is 11.5 Å². The summed E-state index contributed by atoms with van der Waals surface area (Å²) in [7, 11) is 0.